The fourth-order valence-electron chi connectivity index (χ4n) is 3.14. The Bertz CT molecular complexity index is 1160. The Kier molecular flexibility index (Phi) is 4.52. The molecule has 0 saturated carbocycles. The lowest BCUT2D eigenvalue weighted by molar-refractivity contribution is -0.122. The normalized spacial score (nSPS) is 18.0. The number of aromatic amines is 1. The maximum Gasteiger partial charge on any atom is 0.252 e. The number of nitrogens with one attached hydrogen (secondary N) is 2. The first-order valence-corrected chi connectivity index (χ1v) is 10.2. The molecule has 0 saturated heterocycles. The minimum Gasteiger partial charge on any atom is -0.348 e. The molecule has 4 rings (SSSR count). The van der Waals surface area contributed by atoms with Gasteiger partial charge in [-0.1, -0.05) is 29.8 Å². The van der Waals surface area contributed by atoms with E-state index < -0.39 is 20.5 Å². The first-order valence-electron chi connectivity index (χ1n) is 8.35. The molecule has 0 fully saturated rings. The molecule has 0 spiro atoms. The summed E-state index contributed by atoms with van der Waals surface area (Å²) in [6, 6.07) is 12.5. The number of benzene rings is 2. The second-order valence-electron chi connectivity index (χ2n) is 6.23. The Morgan fingerprint density at radius 1 is 1.18 bits per heavy atom. The summed E-state index contributed by atoms with van der Waals surface area (Å²) in [6.45, 7) is 0.0919. The van der Waals surface area contributed by atoms with Crippen LogP contribution in [0.4, 0.5) is 5.69 Å². The molecule has 1 amide bonds. The average molecular weight is 415 g/mol. The molecule has 1 aliphatic heterocycles. The summed E-state index contributed by atoms with van der Waals surface area (Å²) in [5.41, 5.74) is 1.26. The Morgan fingerprint density at radius 2 is 1.96 bits per heavy atom. The van der Waals surface area contributed by atoms with Gasteiger partial charge in [0.25, 0.3) is 5.91 Å². The smallest absolute Gasteiger partial charge is 0.252 e. The second-order valence-corrected chi connectivity index (χ2v) is 8.79. The van der Waals surface area contributed by atoms with E-state index in [1.165, 1.54) is 30.7 Å². The van der Waals surface area contributed by atoms with E-state index in [9.17, 15) is 13.2 Å². The quantitative estimate of drug-likeness (QED) is 0.669. The van der Waals surface area contributed by atoms with Crippen LogP contribution >= 0.6 is 11.6 Å². The van der Waals surface area contributed by atoms with Crippen LogP contribution in [-0.4, -0.2) is 30.5 Å². The Hall–Kier alpha value is -2.97. The zero-order valence-electron chi connectivity index (χ0n) is 14.5. The van der Waals surface area contributed by atoms with Crippen LogP contribution in [0.2, 0.25) is 5.02 Å². The number of imidazole rings is 1. The molecular weight excluding hydrogens is 400 g/mol. The Morgan fingerprint density at radius 3 is 2.68 bits per heavy atom. The van der Waals surface area contributed by atoms with Crippen molar-refractivity contribution in [3.63, 3.8) is 0 Å². The van der Waals surface area contributed by atoms with Crippen molar-refractivity contribution in [2.45, 2.75) is 16.2 Å². The monoisotopic (exact) mass is 414 g/mol. The zero-order valence-corrected chi connectivity index (χ0v) is 16.0. The molecule has 7 nitrogen and oxygen atoms in total. The predicted octanol–water partition coefficient (Wildman–Crippen LogP) is 2.76. The first kappa shape index (κ1) is 18.4. The van der Waals surface area contributed by atoms with Gasteiger partial charge in [-0.3, -0.25) is 9.79 Å². The number of halogens is 1. The molecule has 0 radical (unpaired) electrons. The van der Waals surface area contributed by atoms with Crippen LogP contribution in [0.3, 0.4) is 0 Å². The van der Waals surface area contributed by atoms with Crippen molar-refractivity contribution < 1.29 is 13.2 Å². The summed E-state index contributed by atoms with van der Waals surface area (Å²) in [5.74, 6) is -0.712. The van der Waals surface area contributed by atoms with Gasteiger partial charge in [0.2, 0.25) is 14.6 Å². The molecule has 28 heavy (non-hydrogen) atoms. The third kappa shape index (κ3) is 2.81. The standard InChI is InChI=1S/C19H15ClN4O3S/c20-13-6-7-17-16(8-13)19(11-23-17,18(25)22-10-14-9-21-12-24-14)28(26,27)15-4-2-1-3-5-15/h1-9,11-12H,10H2,(H,21,24)(H,22,25). The first-order chi connectivity index (χ1) is 13.4. The topological polar surface area (TPSA) is 104 Å². The molecule has 142 valence electrons. The van der Waals surface area contributed by atoms with Gasteiger partial charge in [0, 0.05) is 23.0 Å². The summed E-state index contributed by atoms with van der Waals surface area (Å²) in [7, 11) is -4.17. The van der Waals surface area contributed by atoms with Crippen molar-refractivity contribution in [3.05, 3.63) is 77.3 Å². The highest BCUT2D eigenvalue weighted by molar-refractivity contribution is 7.94. The minimum atomic E-state index is -4.17. The highest BCUT2D eigenvalue weighted by Gasteiger charge is 2.55. The van der Waals surface area contributed by atoms with Gasteiger partial charge in [0.15, 0.2) is 0 Å². The van der Waals surface area contributed by atoms with Crippen molar-refractivity contribution >= 4 is 39.2 Å². The summed E-state index contributed by atoms with van der Waals surface area (Å²) in [4.78, 5) is 24.3. The number of aromatic nitrogens is 2. The second kappa shape index (κ2) is 6.88. The van der Waals surface area contributed by atoms with Crippen LogP contribution in [0.15, 0.2) is 70.9 Å². The lowest BCUT2D eigenvalue weighted by Gasteiger charge is -2.26. The number of sulfone groups is 1. The number of H-pyrrole nitrogens is 1. The average Bonchev–Trinajstić information content (AvgIpc) is 3.35. The van der Waals surface area contributed by atoms with E-state index >= 15 is 0 Å². The van der Waals surface area contributed by atoms with Gasteiger partial charge in [-0.05, 0) is 30.3 Å². The third-order valence-corrected chi connectivity index (χ3v) is 7.04. The van der Waals surface area contributed by atoms with Crippen molar-refractivity contribution in [2.75, 3.05) is 0 Å². The zero-order chi connectivity index (χ0) is 19.8. The van der Waals surface area contributed by atoms with E-state index in [-0.39, 0.29) is 17.0 Å². The summed E-state index contributed by atoms with van der Waals surface area (Å²) < 4.78 is 25.2. The molecule has 2 heterocycles. The third-order valence-electron chi connectivity index (χ3n) is 4.55. The molecule has 1 atom stereocenters. The number of hydrogen-bond donors (Lipinski definition) is 2. The highest BCUT2D eigenvalue weighted by atomic mass is 35.5. The van der Waals surface area contributed by atoms with E-state index in [1.807, 2.05) is 0 Å². The van der Waals surface area contributed by atoms with Gasteiger partial charge in [0.1, 0.15) is 0 Å². The lowest BCUT2D eigenvalue weighted by atomic mass is 9.99. The van der Waals surface area contributed by atoms with Gasteiger partial charge in [-0.2, -0.15) is 0 Å². The Labute approximate surface area is 166 Å². The van der Waals surface area contributed by atoms with Crippen molar-refractivity contribution in [2.24, 2.45) is 4.99 Å². The fraction of sp³-hybridized carbons (Fsp3) is 0.105. The largest absolute Gasteiger partial charge is 0.348 e. The summed E-state index contributed by atoms with van der Waals surface area (Å²) in [5, 5.41) is 3.00. The molecule has 0 aliphatic carbocycles. The van der Waals surface area contributed by atoms with Crippen molar-refractivity contribution in [1.29, 1.82) is 0 Å². The molecule has 2 aromatic carbocycles. The maximum atomic E-state index is 13.6. The van der Waals surface area contributed by atoms with E-state index in [4.69, 9.17) is 11.6 Å². The highest BCUT2D eigenvalue weighted by Crippen LogP contribution is 2.44. The van der Waals surface area contributed by atoms with Crippen LogP contribution in [0.5, 0.6) is 0 Å². The van der Waals surface area contributed by atoms with E-state index in [1.54, 1.807) is 36.5 Å². The number of nitrogens with zero attached hydrogens (tertiary/aromatic N) is 2. The molecule has 1 aliphatic rings. The molecule has 9 heteroatoms. The van der Waals surface area contributed by atoms with Crippen LogP contribution < -0.4 is 5.32 Å². The number of hydrogen-bond acceptors (Lipinski definition) is 5. The fourth-order valence-corrected chi connectivity index (χ4v) is 5.16. The van der Waals surface area contributed by atoms with Crippen LogP contribution in [0.25, 0.3) is 0 Å². The number of aliphatic imine (C=N–C) groups is 1. The van der Waals surface area contributed by atoms with Gasteiger partial charge >= 0.3 is 0 Å². The van der Waals surface area contributed by atoms with E-state index in [0.29, 0.717) is 16.4 Å². The van der Waals surface area contributed by atoms with Crippen LogP contribution in [0, 0.1) is 0 Å². The van der Waals surface area contributed by atoms with Crippen LogP contribution in [0.1, 0.15) is 11.3 Å². The van der Waals surface area contributed by atoms with Crippen LogP contribution in [-0.2, 0) is 25.9 Å². The number of fused-ring (bicyclic) bond motifs is 1. The van der Waals surface area contributed by atoms with Gasteiger partial charge in [-0.25, -0.2) is 13.4 Å². The number of amides is 1. The van der Waals surface area contributed by atoms with Gasteiger partial charge < -0.3 is 10.3 Å². The summed E-state index contributed by atoms with van der Waals surface area (Å²) in [6.07, 6.45) is 4.20. The SMILES string of the molecule is O=C(NCc1cnc[nH]1)C1(S(=O)(=O)c2ccccc2)C=Nc2ccc(Cl)cc21. The van der Waals surface area contributed by atoms with E-state index in [2.05, 4.69) is 20.3 Å². The van der Waals surface area contributed by atoms with Gasteiger partial charge in [-0.15, -0.1) is 0 Å². The van der Waals surface area contributed by atoms with Crippen molar-refractivity contribution in [3.8, 4) is 0 Å². The minimum absolute atomic E-state index is 0.0194. The molecular formula is C19H15ClN4O3S. The molecule has 1 unspecified atom stereocenters. The Balaban J connectivity index is 1.85. The summed E-state index contributed by atoms with van der Waals surface area (Å²) >= 11 is 6.11. The number of rotatable bonds is 5. The molecule has 1 aromatic heterocycles. The molecule has 3 aromatic rings. The lowest BCUT2D eigenvalue weighted by Crippen LogP contribution is -2.50. The van der Waals surface area contributed by atoms with E-state index in [0.717, 1.165) is 0 Å². The molecule has 2 N–H and O–H groups in total. The van der Waals surface area contributed by atoms with Crippen molar-refractivity contribution in [1.82, 2.24) is 15.3 Å². The predicted molar refractivity (Wildman–Crippen MR) is 105 cm³/mol. The maximum absolute atomic E-state index is 13.6. The molecule has 0 bridgehead atoms. The number of carbonyl (C=O) groups excluding carboxylic acids is 1. The number of carbonyl (C=O) groups is 1. The van der Waals surface area contributed by atoms with Gasteiger partial charge in [0.05, 0.1) is 29.1 Å².